The second kappa shape index (κ2) is 9.69. The number of nitrogens with zero attached hydrogens (tertiary/aromatic N) is 1. The standard InChI is InChI=1S/C24H22FNO4/c1-2-15-26(16-17-7-9-19(10-8-17)24(28)29)23(27)18-11-13-20(14-12-18)30-22-6-4-3-5-21(22)25/h3-14H,2,15-16H2,1H3,(H,28,29). The lowest BCUT2D eigenvalue weighted by molar-refractivity contribution is 0.0694. The largest absolute Gasteiger partial charge is 0.478 e. The SMILES string of the molecule is CCCN(Cc1ccc(C(=O)O)cc1)C(=O)c1ccc(Oc2ccccc2F)cc1. The third-order valence-electron chi connectivity index (χ3n) is 4.52. The summed E-state index contributed by atoms with van der Waals surface area (Å²) in [6, 6.07) is 19.2. The molecule has 0 fully saturated rings. The van der Waals surface area contributed by atoms with Crippen LogP contribution in [0.25, 0.3) is 0 Å². The summed E-state index contributed by atoms with van der Waals surface area (Å²) in [6.07, 6.45) is 0.785. The fourth-order valence-electron chi connectivity index (χ4n) is 3.00. The zero-order chi connectivity index (χ0) is 21.5. The molecule has 1 N–H and O–H groups in total. The molecular weight excluding hydrogens is 385 g/mol. The molecule has 154 valence electrons. The van der Waals surface area contributed by atoms with E-state index < -0.39 is 11.8 Å². The molecule has 3 aromatic rings. The highest BCUT2D eigenvalue weighted by atomic mass is 19.1. The monoisotopic (exact) mass is 407 g/mol. The molecule has 0 saturated carbocycles. The minimum atomic E-state index is -0.985. The average molecular weight is 407 g/mol. The van der Waals surface area contributed by atoms with E-state index in [2.05, 4.69) is 0 Å². The highest BCUT2D eigenvalue weighted by Gasteiger charge is 2.16. The number of benzene rings is 3. The number of rotatable bonds is 8. The van der Waals surface area contributed by atoms with E-state index in [1.807, 2.05) is 6.92 Å². The van der Waals surface area contributed by atoms with E-state index in [-0.39, 0.29) is 17.2 Å². The number of para-hydroxylation sites is 1. The maximum Gasteiger partial charge on any atom is 0.335 e. The lowest BCUT2D eigenvalue weighted by Gasteiger charge is -2.22. The van der Waals surface area contributed by atoms with Crippen LogP contribution in [0.15, 0.2) is 72.8 Å². The van der Waals surface area contributed by atoms with Crippen LogP contribution in [0.1, 0.15) is 39.6 Å². The zero-order valence-corrected chi connectivity index (χ0v) is 16.5. The molecule has 0 spiro atoms. The van der Waals surface area contributed by atoms with E-state index >= 15 is 0 Å². The van der Waals surface area contributed by atoms with Gasteiger partial charge in [-0.1, -0.05) is 31.2 Å². The Morgan fingerprint density at radius 2 is 1.57 bits per heavy atom. The van der Waals surface area contributed by atoms with E-state index in [0.29, 0.717) is 24.4 Å². The number of aromatic carboxylic acids is 1. The third kappa shape index (κ3) is 5.23. The van der Waals surface area contributed by atoms with E-state index in [1.165, 1.54) is 24.3 Å². The van der Waals surface area contributed by atoms with Crippen molar-refractivity contribution < 1.29 is 23.8 Å². The number of amides is 1. The summed E-state index contributed by atoms with van der Waals surface area (Å²) in [5.74, 6) is -1.03. The Hall–Kier alpha value is -3.67. The first-order chi connectivity index (χ1) is 14.5. The second-order valence-electron chi connectivity index (χ2n) is 6.79. The minimum Gasteiger partial charge on any atom is -0.478 e. The van der Waals surface area contributed by atoms with Gasteiger partial charge in [-0.05, 0) is 60.5 Å². The second-order valence-corrected chi connectivity index (χ2v) is 6.79. The fraction of sp³-hybridized carbons (Fsp3) is 0.167. The van der Waals surface area contributed by atoms with Gasteiger partial charge in [0, 0.05) is 18.7 Å². The highest BCUT2D eigenvalue weighted by molar-refractivity contribution is 5.94. The van der Waals surface area contributed by atoms with Crippen molar-refractivity contribution in [3.05, 3.63) is 95.3 Å². The molecule has 30 heavy (non-hydrogen) atoms. The Morgan fingerprint density at radius 3 is 2.17 bits per heavy atom. The highest BCUT2D eigenvalue weighted by Crippen LogP contribution is 2.24. The summed E-state index contributed by atoms with van der Waals surface area (Å²) in [4.78, 5) is 25.7. The van der Waals surface area contributed by atoms with Crippen molar-refractivity contribution in [2.45, 2.75) is 19.9 Å². The van der Waals surface area contributed by atoms with Crippen LogP contribution in [-0.4, -0.2) is 28.4 Å². The van der Waals surface area contributed by atoms with Gasteiger partial charge in [0.15, 0.2) is 11.6 Å². The molecule has 0 aliphatic heterocycles. The lowest BCUT2D eigenvalue weighted by atomic mass is 10.1. The molecule has 5 nitrogen and oxygen atoms in total. The Bertz CT molecular complexity index is 1020. The summed E-state index contributed by atoms with van der Waals surface area (Å²) >= 11 is 0. The van der Waals surface area contributed by atoms with Gasteiger partial charge in [-0.2, -0.15) is 0 Å². The molecule has 0 aromatic heterocycles. The third-order valence-corrected chi connectivity index (χ3v) is 4.52. The van der Waals surface area contributed by atoms with Crippen LogP contribution in [0.5, 0.6) is 11.5 Å². The topological polar surface area (TPSA) is 66.8 Å². The van der Waals surface area contributed by atoms with Crippen molar-refractivity contribution in [1.29, 1.82) is 0 Å². The van der Waals surface area contributed by atoms with Crippen molar-refractivity contribution in [2.75, 3.05) is 6.54 Å². The van der Waals surface area contributed by atoms with Crippen molar-refractivity contribution in [3.63, 3.8) is 0 Å². The number of halogens is 1. The van der Waals surface area contributed by atoms with E-state index in [0.717, 1.165) is 12.0 Å². The molecule has 0 unspecified atom stereocenters. The van der Waals surface area contributed by atoms with Gasteiger partial charge in [0.1, 0.15) is 5.75 Å². The molecule has 0 radical (unpaired) electrons. The Labute approximate surface area is 174 Å². The maximum absolute atomic E-state index is 13.7. The van der Waals surface area contributed by atoms with Gasteiger partial charge < -0.3 is 14.7 Å². The lowest BCUT2D eigenvalue weighted by Crippen LogP contribution is -2.31. The molecule has 3 aromatic carbocycles. The van der Waals surface area contributed by atoms with Gasteiger partial charge in [0.25, 0.3) is 5.91 Å². The molecule has 6 heteroatoms. The van der Waals surface area contributed by atoms with Crippen molar-refractivity contribution in [2.24, 2.45) is 0 Å². The maximum atomic E-state index is 13.7. The normalized spacial score (nSPS) is 10.5. The Morgan fingerprint density at radius 1 is 0.933 bits per heavy atom. The Balaban J connectivity index is 1.71. The molecule has 0 aliphatic carbocycles. The molecule has 3 rings (SSSR count). The number of carbonyl (C=O) groups excluding carboxylic acids is 1. The molecule has 1 amide bonds. The zero-order valence-electron chi connectivity index (χ0n) is 16.5. The number of carbonyl (C=O) groups is 2. The number of ether oxygens (including phenoxy) is 1. The number of carboxylic acid groups (broad SMARTS) is 1. The number of hydrogen-bond donors (Lipinski definition) is 1. The molecule has 0 aliphatic rings. The van der Waals surface area contributed by atoms with Crippen LogP contribution in [0.4, 0.5) is 4.39 Å². The fourth-order valence-corrected chi connectivity index (χ4v) is 3.00. The van der Waals surface area contributed by atoms with Crippen LogP contribution in [-0.2, 0) is 6.54 Å². The van der Waals surface area contributed by atoms with Gasteiger partial charge in [-0.15, -0.1) is 0 Å². The van der Waals surface area contributed by atoms with Gasteiger partial charge >= 0.3 is 5.97 Å². The smallest absolute Gasteiger partial charge is 0.335 e. The van der Waals surface area contributed by atoms with Crippen molar-refractivity contribution in [3.8, 4) is 11.5 Å². The predicted octanol–water partition coefficient (Wildman–Crippen LogP) is 5.37. The molecule has 0 atom stereocenters. The molecule has 0 heterocycles. The minimum absolute atomic E-state index is 0.119. The first kappa shape index (κ1) is 21.0. The van der Waals surface area contributed by atoms with Crippen LogP contribution in [0.2, 0.25) is 0 Å². The molecule has 0 saturated heterocycles. The summed E-state index contributed by atoms with van der Waals surface area (Å²) in [5, 5.41) is 9.01. The van der Waals surface area contributed by atoms with E-state index in [4.69, 9.17) is 9.84 Å². The first-order valence-electron chi connectivity index (χ1n) is 9.62. The number of carboxylic acids is 1. The van der Waals surface area contributed by atoms with E-state index in [1.54, 1.807) is 53.4 Å². The van der Waals surface area contributed by atoms with Crippen LogP contribution in [0, 0.1) is 5.82 Å². The molecule has 0 bridgehead atoms. The summed E-state index contributed by atoms with van der Waals surface area (Å²) < 4.78 is 19.3. The first-order valence-corrected chi connectivity index (χ1v) is 9.62. The predicted molar refractivity (Wildman–Crippen MR) is 111 cm³/mol. The van der Waals surface area contributed by atoms with Crippen LogP contribution < -0.4 is 4.74 Å². The number of hydrogen-bond acceptors (Lipinski definition) is 3. The van der Waals surface area contributed by atoms with Gasteiger partial charge in [0.2, 0.25) is 0 Å². The summed E-state index contributed by atoms with van der Waals surface area (Å²) in [6.45, 7) is 2.92. The van der Waals surface area contributed by atoms with Gasteiger partial charge in [-0.25, -0.2) is 9.18 Å². The average Bonchev–Trinajstić information content (AvgIpc) is 2.75. The van der Waals surface area contributed by atoms with Crippen LogP contribution in [0.3, 0.4) is 0 Å². The Kier molecular flexibility index (Phi) is 6.80. The quantitative estimate of drug-likeness (QED) is 0.545. The molecular formula is C24H22FNO4. The van der Waals surface area contributed by atoms with Crippen LogP contribution >= 0.6 is 0 Å². The van der Waals surface area contributed by atoms with Crippen molar-refractivity contribution >= 4 is 11.9 Å². The summed E-state index contributed by atoms with van der Waals surface area (Å²) in [7, 11) is 0. The van der Waals surface area contributed by atoms with Gasteiger partial charge in [-0.3, -0.25) is 4.79 Å². The van der Waals surface area contributed by atoms with E-state index in [9.17, 15) is 14.0 Å². The summed E-state index contributed by atoms with van der Waals surface area (Å²) in [5.41, 5.74) is 1.55. The van der Waals surface area contributed by atoms with Gasteiger partial charge in [0.05, 0.1) is 5.56 Å². The van der Waals surface area contributed by atoms with Crippen molar-refractivity contribution in [1.82, 2.24) is 4.90 Å².